The van der Waals surface area contributed by atoms with Crippen LogP contribution in [0.25, 0.3) is 22.3 Å². The molecule has 19 nitrogen and oxygen atoms in total. The van der Waals surface area contributed by atoms with E-state index in [1.165, 1.54) is 12.7 Å². The van der Waals surface area contributed by atoms with Gasteiger partial charge in [0.25, 0.3) is 5.56 Å². The fraction of sp³-hybridized carbons (Fsp3) is 0.500. The van der Waals surface area contributed by atoms with Gasteiger partial charge >= 0.3 is 18.6 Å². The zero-order chi connectivity index (χ0) is 29.6. The molecule has 0 aliphatic carbocycles. The molecule has 2 saturated heterocycles. The molecular formula is C20H23FN10O9PS+. The Bertz CT molecular complexity index is 1800. The molecule has 0 amide bonds. The van der Waals surface area contributed by atoms with Crippen LogP contribution in [-0.4, -0.2) is 90.0 Å². The SMILES string of the molecule is Nc1ncnc2c1ncn2[C@H]1CC[C@@H](CNS(=O)(=O)O[C@H]2[C@@H](F)[C@H](n3cnc4c(=O)[nH]cnc43)O[C@@H]2CO[P+](=O)O)O1. The van der Waals surface area contributed by atoms with Crippen LogP contribution in [0, 0.1) is 0 Å². The Balaban J connectivity index is 1.13. The minimum atomic E-state index is -4.60. The highest BCUT2D eigenvalue weighted by atomic mass is 32.2. The second kappa shape index (κ2) is 11.3. The summed E-state index contributed by atoms with van der Waals surface area (Å²) in [6.07, 6.45) is -2.04. The minimum absolute atomic E-state index is 0.0336. The van der Waals surface area contributed by atoms with Gasteiger partial charge < -0.3 is 20.2 Å². The number of fused-ring (bicyclic) bond motifs is 2. The van der Waals surface area contributed by atoms with Gasteiger partial charge in [-0.2, -0.15) is 13.1 Å². The second-order valence-corrected chi connectivity index (χ2v) is 11.5. The third-order valence-electron chi connectivity index (χ3n) is 6.76. The maximum Gasteiger partial charge on any atom is 0.694 e. The summed E-state index contributed by atoms with van der Waals surface area (Å²) in [4.78, 5) is 43.5. The summed E-state index contributed by atoms with van der Waals surface area (Å²) in [6.45, 7) is -0.886. The smallest absolute Gasteiger partial charge is 0.382 e. The largest absolute Gasteiger partial charge is 0.694 e. The second-order valence-electron chi connectivity index (χ2n) is 9.34. The number of ether oxygens (including phenoxy) is 2. The Morgan fingerprint density at radius 3 is 2.71 bits per heavy atom. The zero-order valence-corrected chi connectivity index (χ0v) is 23.0. The van der Waals surface area contributed by atoms with Crippen LogP contribution >= 0.6 is 8.25 Å². The van der Waals surface area contributed by atoms with Gasteiger partial charge in [0.1, 0.15) is 36.9 Å². The molecule has 4 aromatic rings. The van der Waals surface area contributed by atoms with Crippen molar-refractivity contribution in [2.24, 2.45) is 0 Å². The highest BCUT2D eigenvalue weighted by molar-refractivity contribution is 7.84. The number of nitrogens with one attached hydrogen (secondary N) is 2. The quantitative estimate of drug-likeness (QED) is 0.159. The molecule has 6 rings (SSSR count). The van der Waals surface area contributed by atoms with Crippen molar-refractivity contribution in [3.8, 4) is 0 Å². The van der Waals surface area contributed by atoms with E-state index in [1.54, 1.807) is 4.57 Å². The number of imidazole rings is 2. The number of nitrogen functional groups attached to an aromatic ring is 1. The van der Waals surface area contributed by atoms with Gasteiger partial charge in [0.15, 0.2) is 35.0 Å². The van der Waals surface area contributed by atoms with E-state index in [4.69, 9.17) is 24.3 Å². The third kappa shape index (κ3) is 5.47. The Morgan fingerprint density at radius 2 is 1.90 bits per heavy atom. The van der Waals surface area contributed by atoms with Gasteiger partial charge in [0, 0.05) is 11.1 Å². The number of halogens is 1. The summed E-state index contributed by atoms with van der Waals surface area (Å²) in [5, 5.41) is 0. The standard InChI is InChI=1S/C20H22FN10O9PS/c21-12-15(10(4-37-41(33)34)39-20(12)31-8-28-14-18(31)25-6-26-19(14)32)40-42(35,36)29-3-9-1-2-11(38-9)30-7-27-13-16(22)23-5-24-17(13)30/h5-12,15,20,29H,1-4H2,(H3-,22,23,24,25,26,32,33,34)/p+1/t9-,10+,11+,12+,15+,20+/m0/s1. The number of hydrogen-bond acceptors (Lipinski definition) is 14. The van der Waals surface area contributed by atoms with Crippen LogP contribution in [0.2, 0.25) is 0 Å². The van der Waals surface area contributed by atoms with E-state index in [1.807, 2.05) is 0 Å². The Labute approximate surface area is 235 Å². The number of anilines is 1. The molecule has 1 unspecified atom stereocenters. The zero-order valence-electron chi connectivity index (χ0n) is 21.3. The first-order valence-corrected chi connectivity index (χ1v) is 14.9. The van der Waals surface area contributed by atoms with Gasteiger partial charge in [-0.25, -0.2) is 33.5 Å². The van der Waals surface area contributed by atoms with E-state index in [0.717, 1.165) is 17.2 Å². The number of alkyl halides is 1. The van der Waals surface area contributed by atoms with Gasteiger partial charge in [0.2, 0.25) is 0 Å². The molecule has 224 valence electrons. The molecule has 2 aliphatic rings. The van der Waals surface area contributed by atoms with Crippen LogP contribution in [0.1, 0.15) is 25.3 Å². The first kappa shape index (κ1) is 28.6. The van der Waals surface area contributed by atoms with Crippen LogP contribution in [0.4, 0.5) is 10.2 Å². The molecule has 0 spiro atoms. The van der Waals surface area contributed by atoms with Crippen LogP contribution in [0.3, 0.4) is 0 Å². The number of aromatic nitrogens is 8. The molecule has 0 saturated carbocycles. The summed E-state index contributed by atoms with van der Waals surface area (Å²) >= 11 is 0. The predicted molar refractivity (Wildman–Crippen MR) is 137 cm³/mol. The normalized spacial score (nSPS) is 26.9. The molecule has 2 fully saturated rings. The average molecular weight is 630 g/mol. The Morgan fingerprint density at radius 1 is 1.14 bits per heavy atom. The van der Waals surface area contributed by atoms with E-state index in [9.17, 15) is 17.8 Å². The molecule has 6 heterocycles. The minimum Gasteiger partial charge on any atom is -0.382 e. The lowest BCUT2D eigenvalue weighted by molar-refractivity contribution is -0.0389. The van der Waals surface area contributed by atoms with Crippen LogP contribution in [0.5, 0.6) is 0 Å². The maximum absolute atomic E-state index is 15.7. The number of hydrogen-bond donors (Lipinski definition) is 4. The van der Waals surface area contributed by atoms with E-state index in [0.29, 0.717) is 24.0 Å². The summed E-state index contributed by atoms with van der Waals surface area (Å²) in [6, 6.07) is 0. The van der Waals surface area contributed by atoms with E-state index in [2.05, 4.69) is 39.1 Å². The molecular weight excluding hydrogens is 606 g/mol. The van der Waals surface area contributed by atoms with Crippen LogP contribution < -0.4 is 16.0 Å². The summed E-state index contributed by atoms with van der Waals surface area (Å²) in [7, 11) is -7.71. The number of H-pyrrole nitrogens is 1. The lowest BCUT2D eigenvalue weighted by atomic mass is 10.1. The monoisotopic (exact) mass is 629 g/mol. The van der Waals surface area contributed by atoms with Gasteiger partial charge in [-0.1, -0.05) is 0 Å². The Kier molecular flexibility index (Phi) is 7.66. The van der Waals surface area contributed by atoms with Crippen molar-refractivity contribution in [1.29, 1.82) is 0 Å². The fourth-order valence-electron chi connectivity index (χ4n) is 4.85. The van der Waals surface area contributed by atoms with Gasteiger partial charge in [-0.05, 0) is 12.8 Å². The molecule has 7 atom stereocenters. The molecule has 42 heavy (non-hydrogen) atoms. The molecule has 22 heteroatoms. The van der Waals surface area contributed by atoms with Crippen molar-refractivity contribution >= 4 is 46.7 Å². The van der Waals surface area contributed by atoms with Crippen molar-refractivity contribution in [2.45, 2.75) is 49.8 Å². The highest BCUT2D eigenvalue weighted by Crippen LogP contribution is 2.37. The van der Waals surface area contributed by atoms with Crippen molar-refractivity contribution < 1.29 is 40.4 Å². The molecule has 4 aromatic heterocycles. The average Bonchev–Trinajstić information content (AvgIpc) is 3.73. The molecule has 0 aromatic carbocycles. The van der Waals surface area contributed by atoms with Crippen molar-refractivity contribution in [2.75, 3.05) is 18.9 Å². The van der Waals surface area contributed by atoms with Crippen LogP contribution in [0.15, 0.2) is 30.1 Å². The first-order valence-electron chi connectivity index (χ1n) is 12.4. The van der Waals surface area contributed by atoms with Gasteiger partial charge in [-0.15, -0.1) is 9.42 Å². The van der Waals surface area contributed by atoms with Crippen molar-refractivity contribution in [1.82, 2.24) is 43.8 Å². The summed E-state index contributed by atoms with van der Waals surface area (Å²) < 4.78 is 78.9. The van der Waals surface area contributed by atoms with Crippen LogP contribution in [-0.2, 0) is 33.0 Å². The predicted octanol–water partition coefficient (Wildman–Crippen LogP) is -0.659. The number of nitrogens with two attached hydrogens (primary N) is 1. The van der Waals surface area contributed by atoms with E-state index in [-0.39, 0.29) is 23.5 Å². The van der Waals surface area contributed by atoms with Crippen molar-refractivity contribution in [3.05, 3.63) is 35.7 Å². The van der Waals surface area contributed by atoms with E-state index < -0.39 is 67.7 Å². The summed E-state index contributed by atoms with van der Waals surface area (Å²) in [5.41, 5.74) is 5.98. The number of aromatic amines is 1. The van der Waals surface area contributed by atoms with Gasteiger partial charge in [0.05, 0.1) is 25.1 Å². The lowest BCUT2D eigenvalue weighted by Crippen LogP contribution is -2.41. The lowest BCUT2D eigenvalue weighted by Gasteiger charge is -2.19. The maximum atomic E-state index is 15.7. The molecule has 0 bridgehead atoms. The Hall–Kier alpha value is -3.56. The summed E-state index contributed by atoms with van der Waals surface area (Å²) in [5.74, 6) is 0.211. The van der Waals surface area contributed by atoms with Crippen molar-refractivity contribution in [3.63, 3.8) is 0 Å². The topological polar surface area (TPSA) is 254 Å². The molecule has 2 aliphatic heterocycles. The number of rotatable bonds is 10. The third-order valence-corrected chi connectivity index (χ3v) is 8.13. The van der Waals surface area contributed by atoms with Gasteiger partial charge in [-0.3, -0.25) is 13.9 Å². The fourth-order valence-corrected chi connectivity index (χ4v) is 6.11. The molecule has 5 N–H and O–H groups in total. The molecule has 0 radical (unpaired) electrons. The van der Waals surface area contributed by atoms with E-state index >= 15 is 4.39 Å². The number of nitrogens with zero attached hydrogens (tertiary/aromatic N) is 7. The highest BCUT2D eigenvalue weighted by Gasteiger charge is 2.51. The first-order chi connectivity index (χ1) is 20.1.